The second-order valence-electron chi connectivity index (χ2n) is 7.96. The summed E-state index contributed by atoms with van der Waals surface area (Å²) in [4.78, 5) is 16.9. The molecular weight excluding hydrogens is 370 g/mol. The van der Waals surface area contributed by atoms with E-state index < -0.39 is 0 Å². The molecule has 29 heavy (non-hydrogen) atoms. The number of benzene rings is 2. The van der Waals surface area contributed by atoms with Gasteiger partial charge in [0.05, 0.1) is 5.52 Å². The zero-order valence-electron chi connectivity index (χ0n) is 16.4. The van der Waals surface area contributed by atoms with Gasteiger partial charge in [-0.25, -0.2) is 8.78 Å². The summed E-state index contributed by atoms with van der Waals surface area (Å²) >= 11 is 0. The zero-order chi connectivity index (χ0) is 20.4. The number of nitrogens with zero attached hydrogens (tertiary/aromatic N) is 1. The smallest absolute Gasteiger partial charge is 0.227 e. The third-order valence-corrected chi connectivity index (χ3v) is 6.18. The molecule has 1 N–H and O–H groups in total. The summed E-state index contributed by atoms with van der Waals surface area (Å²) in [5, 5.41) is 3.90. The van der Waals surface area contributed by atoms with Crippen LogP contribution in [0.2, 0.25) is 0 Å². The molecule has 0 spiro atoms. The zero-order valence-corrected chi connectivity index (χ0v) is 16.4. The highest BCUT2D eigenvalue weighted by atomic mass is 19.1. The SMILES string of the molecule is C[C@@H](C(=O)Nc1ccc(F)cc1)[C@H]1CC[C@H](c2ccnc3cc(F)ccc32)CC1. The molecule has 1 fully saturated rings. The molecule has 0 radical (unpaired) electrons. The van der Waals surface area contributed by atoms with E-state index in [1.165, 1.54) is 29.8 Å². The van der Waals surface area contributed by atoms with Crippen LogP contribution < -0.4 is 5.32 Å². The van der Waals surface area contributed by atoms with E-state index in [1.54, 1.807) is 18.3 Å². The first-order valence-electron chi connectivity index (χ1n) is 10.1. The van der Waals surface area contributed by atoms with Crippen molar-refractivity contribution in [2.75, 3.05) is 5.32 Å². The molecule has 1 aromatic heterocycles. The van der Waals surface area contributed by atoms with E-state index in [-0.39, 0.29) is 23.5 Å². The standard InChI is InChI=1S/C24H24F2N2O/c1-15(24(29)28-20-9-6-18(25)7-10-20)16-2-4-17(5-3-16)21-12-13-27-23-14-19(26)8-11-22(21)23/h6-17H,2-5H2,1H3,(H,28,29)/t15-,16-,17-/m1/s1. The van der Waals surface area contributed by atoms with Gasteiger partial charge >= 0.3 is 0 Å². The summed E-state index contributed by atoms with van der Waals surface area (Å²) < 4.78 is 26.5. The van der Waals surface area contributed by atoms with E-state index in [4.69, 9.17) is 0 Å². The average molecular weight is 394 g/mol. The molecule has 2 aromatic carbocycles. The molecule has 1 amide bonds. The van der Waals surface area contributed by atoms with Crippen LogP contribution in [-0.4, -0.2) is 10.9 Å². The third kappa shape index (κ3) is 4.29. The summed E-state index contributed by atoms with van der Waals surface area (Å²) in [5.41, 5.74) is 2.53. The molecule has 1 aliphatic carbocycles. The monoisotopic (exact) mass is 394 g/mol. The van der Waals surface area contributed by atoms with E-state index in [1.807, 2.05) is 19.1 Å². The lowest BCUT2D eigenvalue weighted by Gasteiger charge is -2.32. The van der Waals surface area contributed by atoms with Crippen molar-refractivity contribution < 1.29 is 13.6 Å². The van der Waals surface area contributed by atoms with Crippen LogP contribution in [0.25, 0.3) is 10.9 Å². The summed E-state index contributed by atoms with van der Waals surface area (Å²) in [5.74, 6) is -0.00594. The Labute approximate surface area is 169 Å². The van der Waals surface area contributed by atoms with Crippen molar-refractivity contribution in [1.29, 1.82) is 0 Å². The first kappa shape index (κ1) is 19.5. The number of aromatic nitrogens is 1. The van der Waals surface area contributed by atoms with E-state index in [9.17, 15) is 13.6 Å². The highest BCUT2D eigenvalue weighted by Gasteiger charge is 2.30. The van der Waals surface area contributed by atoms with Gasteiger partial charge in [0, 0.05) is 29.3 Å². The van der Waals surface area contributed by atoms with Gasteiger partial charge in [0.2, 0.25) is 5.91 Å². The highest BCUT2D eigenvalue weighted by Crippen LogP contribution is 2.40. The van der Waals surface area contributed by atoms with E-state index >= 15 is 0 Å². The number of carbonyl (C=O) groups excluding carboxylic acids is 1. The predicted octanol–water partition coefficient (Wildman–Crippen LogP) is 6.06. The number of pyridine rings is 1. The van der Waals surface area contributed by atoms with Crippen LogP contribution in [-0.2, 0) is 4.79 Å². The van der Waals surface area contributed by atoms with Crippen molar-refractivity contribution in [3.8, 4) is 0 Å². The third-order valence-electron chi connectivity index (χ3n) is 6.18. The molecule has 150 valence electrons. The second-order valence-corrected chi connectivity index (χ2v) is 7.96. The molecule has 5 heteroatoms. The summed E-state index contributed by atoms with van der Waals surface area (Å²) in [6.45, 7) is 1.97. The van der Waals surface area contributed by atoms with Crippen LogP contribution in [0.1, 0.15) is 44.1 Å². The van der Waals surface area contributed by atoms with Gasteiger partial charge in [0.15, 0.2) is 0 Å². The van der Waals surface area contributed by atoms with Crippen molar-refractivity contribution in [2.24, 2.45) is 11.8 Å². The Hall–Kier alpha value is -2.82. The molecular formula is C24H24F2N2O. The maximum Gasteiger partial charge on any atom is 0.227 e. The Bertz CT molecular complexity index is 1010. The van der Waals surface area contributed by atoms with Crippen LogP contribution >= 0.6 is 0 Å². The fourth-order valence-electron chi connectivity index (χ4n) is 4.43. The molecule has 0 bridgehead atoms. The van der Waals surface area contributed by atoms with Crippen molar-refractivity contribution in [3.05, 3.63) is 71.9 Å². The minimum atomic E-state index is -0.319. The molecule has 0 saturated heterocycles. The molecule has 1 aliphatic rings. The molecule has 1 saturated carbocycles. The average Bonchev–Trinajstić information content (AvgIpc) is 2.74. The molecule has 4 rings (SSSR count). The number of carbonyl (C=O) groups is 1. The lowest BCUT2D eigenvalue weighted by Crippen LogP contribution is -2.29. The van der Waals surface area contributed by atoms with Crippen LogP contribution in [0.15, 0.2) is 54.7 Å². The van der Waals surface area contributed by atoms with E-state index in [0.29, 0.717) is 23.0 Å². The highest BCUT2D eigenvalue weighted by molar-refractivity contribution is 5.92. The summed E-state index contributed by atoms with van der Waals surface area (Å²) in [6.07, 6.45) is 5.67. The van der Waals surface area contributed by atoms with Crippen molar-refractivity contribution in [1.82, 2.24) is 4.98 Å². The topological polar surface area (TPSA) is 42.0 Å². The van der Waals surface area contributed by atoms with Crippen molar-refractivity contribution in [2.45, 2.75) is 38.5 Å². The van der Waals surface area contributed by atoms with Gasteiger partial charge in [-0.15, -0.1) is 0 Å². The van der Waals surface area contributed by atoms with Gasteiger partial charge in [0.25, 0.3) is 0 Å². The quantitative estimate of drug-likeness (QED) is 0.584. The van der Waals surface area contributed by atoms with Gasteiger partial charge in [-0.3, -0.25) is 9.78 Å². The maximum absolute atomic E-state index is 13.5. The lowest BCUT2D eigenvalue weighted by molar-refractivity contribution is -0.121. The number of nitrogens with one attached hydrogen (secondary N) is 1. The molecule has 3 nitrogen and oxygen atoms in total. The van der Waals surface area contributed by atoms with Crippen LogP contribution in [0.3, 0.4) is 0 Å². The maximum atomic E-state index is 13.5. The Morgan fingerprint density at radius 1 is 1.00 bits per heavy atom. The van der Waals surface area contributed by atoms with Crippen LogP contribution in [0.4, 0.5) is 14.5 Å². The molecule has 3 aromatic rings. The van der Waals surface area contributed by atoms with Gasteiger partial charge < -0.3 is 5.32 Å². The normalized spacial score (nSPS) is 20.4. The Balaban J connectivity index is 1.40. The fourth-order valence-corrected chi connectivity index (χ4v) is 4.43. The number of rotatable bonds is 4. The second kappa shape index (κ2) is 8.27. The van der Waals surface area contributed by atoms with Gasteiger partial charge in [-0.05, 0) is 85.5 Å². The Morgan fingerprint density at radius 2 is 1.69 bits per heavy atom. The predicted molar refractivity (Wildman–Crippen MR) is 111 cm³/mol. The van der Waals surface area contributed by atoms with E-state index in [0.717, 1.165) is 31.1 Å². The number of fused-ring (bicyclic) bond motifs is 1. The first-order chi connectivity index (χ1) is 14.0. The minimum absolute atomic E-state index is 0.0232. The molecule has 0 aliphatic heterocycles. The molecule has 0 unspecified atom stereocenters. The lowest BCUT2D eigenvalue weighted by atomic mass is 9.73. The summed E-state index contributed by atoms with van der Waals surface area (Å²) in [6, 6.07) is 12.7. The number of halogens is 2. The van der Waals surface area contributed by atoms with Gasteiger partial charge in [-0.2, -0.15) is 0 Å². The van der Waals surface area contributed by atoms with Gasteiger partial charge in [0.1, 0.15) is 11.6 Å². The van der Waals surface area contributed by atoms with Crippen molar-refractivity contribution in [3.63, 3.8) is 0 Å². The number of anilines is 1. The van der Waals surface area contributed by atoms with Crippen molar-refractivity contribution >= 4 is 22.5 Å². The number of hydrogen-bond donors (Lipinski definition) is 1. The Morgan fingerprint density at radius 3 is 2.41 bits per heavy atom. The molecule has 1 atom stereocenters. The number of hydrogen-bond acceptors (Lipinski definition) is 2. The van der Waals surface area contributed by atoms with Crippen LogP contribution in [0.5, 0.6) is 0 Å². The first-order valence-corrected chi connectivity index (χ1v) is 10.1. The number of amides is 1. The molecule has 1 heterocycles. The van der Waals surface area contributed by atoms with Crippen LogP contribution in [0, 0.1) is 23.5 Å². The Kier molecular flexibility index (Phi) is 5.56. The van der Waals surface area contributed by atoms with E-state index in [2.05, 4.69) is 10.3 Å². The minimum Gasteiger partial charge on any atom is -0.326 e. The summed E-state index contributed by atoms with van der Waals surface area (Å²) in [7, 11) is 0. The fraction of sp³-hybridized carbons (Fsp3) is 0.333. The largest absolute Gasteiger partial charge is 0.326 e. The van der Waals surface area contributed by atoms with Gasteiger partial charge in [-0.1, -0.05) is 6.92 Å².